The molecule has 0 radical (unpaired) electrons. The summed E-state index contributed by atoms with van der Waals surface area (Å²) < 4.78 is 5.84. The van der Waals surface area contributed by atoms with Crippen molar-refractivity contribution in [3.8, 4) is 0 Å². The van der Waals surface area contributed by atoms with Crippen molar-refractivity contribution in [3.05, 3.63) is 0 Å². The second-order valence-corrected chi connectivity index (χ2v) is 4.11. The van der Waals surface area contributed by atoms with Gasteiger partial charge in [0.1, 0.15) is 0 Å². The molecule has 1 aliphatic carbocycles. The third-order valence-corrected chi connectivity index (χ3v) is 3.19. The summed E-state index contributed by atoms with van der Waals surface area (Å²) in [5.41, 5.74) is 0.279. The second-order valence-electron chi connectivity index (χ2n) is 4.11. The van der Waals surface area contributed by atoms with E-state index in [0.717, 1.165) is 13.2 Å². The SMILES string of the molecule is CC1COC2(CCC2)CN1C. The average Bonchev–Trinajstić information content (AvgIpc) is 1.92. The van der Waals surface area contributed by atoms with E-state index in [0.29, 0.717) is 6.04 Å². The first kappa shape index (κ1) is 7.56. The van der Waals surface area contributed by atoms with E-state index in [2.05, 4.69) is 18.9 Å². The van der Waals surface area contributed by atoms with Gasteiger partial charge in [-0.1, -0.05) is 0 Å². The van der Waals surface area contributed by atoms with Gasteiger partial charge >= 0.3 is 0 Å². The fourth-order valence-electron chi connectivity index (χ4n) is 1.95. The summed E-state index contributed by atoms with van der Waals surface area (Å²) >= 11 is 0. The first-order chi connectivity index (χ1) is 5.22. The average molecular weight is 155 g/mol. The Balaban J connectivity index is 1.97. The lowest BCUT2D eigenvalue weighted by molar-refractivity contribution is -0.163. The van der Waals surface area contributed by atoms with Crippen molar-refractivity contribution in [1.82, 2.24) is 4.90 Å². The van der Waals surface area contributed by atoms with Crippen molar-refractivity contribution in [3.63, 3.8) is 0 Å². The zero-order valence-electron chi connectivity index (χ0n) is 7.47. The monoisotopic (exact) mass is 155 g/mol. The molecule has 1 spiro atoms. The minimum Gasteiger partial charge on any atom is -0.372 e. The van der Waals surface area contributed by atoms with Crippen LogP contribution in [0.2, 0.25) is 0 Å². The molecule has 2 rings (SSSR count). The predicted molar refractivity (Wildman–Crippen MR) is 44.6 cm³/mol. The quantitative estimate of drug-likeness (QED) is 0.522. The van der Waals surface area contributed by atoms with Gasteiger partial charge in [0.15, 0.2) is 0 Å². The highest BCUT2D eigenvalue weighted by Crippen LogP contribution is 2.38. The molecule has 2 fully saturated rings. The maximum absolute atomic E-state index is 5.84. The lowest BCUT2D eigenvalue weighted by atomic mass is 9.78. The summed E-state index contributed by atoms with van der Waals surface area (Å²) in [6.45, 7) is 4.30. The lowest BCUT2D eigenvalue weighted by Crippen LogP contribution is -2.57. The van der Waals surface area contributed by atoms with Crippen LogP contribution in [0.4, 0.5) is 0 Å². The first-order valence-corrected chi connectivity index (χ1v) is 4.56. The molecule has 0 aromatic carbocycles. The Hall–Kier alpha value is -0.0800. The van der Waals surface area contributed by atoms with Crippen LogP contribution in [-0.2, 0) is 4.74 Å². The highest BCUT2D eigenvalue weighted by Gasteiger charge is 2.42. The van der Waals surface area contributed by atoms with Crippen LogP contribution in [0.3, 0.4) is 0 Å². The second kappa shape index (κ2) is 2.46. The number of nitrogens with zero attached hydrogens (tertiary/aromatic N) is 1. The van der Waals surface area contributed by atoms with Gasteiger partial charge in [0.25, 0.3) is 0 Å². The van der Waals surface area contributed by atoms with E-state index in [9.17, 15) is 0 Å². The van der Waals surface area contributed by atoms with Gasteiger partial charge in [-0.2, -0.15) is 0 Å². The molecule has 1 atom stereocenters. The van der Waals surface area contributed by atoms with Crippen molar-refractivity contribution in [2.75, 3.05) is 20.2 Å². The molecule has 2 heteroatoms. The Morgan fingerprint density at radius 2 is 2.18 bits per heavy atom. The zero-order valence-corrected chi connectivity index (χ0v) is 7.47. The molecule has 1 saturated carbocycles. The Bertz CT molecular complexity index is 154. The van der Waals surface area contributed by atoms with E-state index >= 15 is 0 Å². The number of hydrogen-bond donors (Lipinski definition) is 0. The van der Waals surface area contributed by atoms with E-state index < -0.39 is 0 Å². The van der Waals surface area contributed by atoms with Crippen LogP contribution in [0.25, 0.3) is 0 Å². The van der Waals surface area contributed by atoms with E-state index in [4.69, 9.17) is 4.74 Å². The molecule has 1 aliphatic heterocycles. The van der Waals surface area contributed by atoms with Crippen LogP contribution in [0.15, 0.2) is 0 Å². The molecule has 0 aromatic rings. The van der Waals surface area contributed by atoms with Gasteiger partial charge in [-0.15, -0.1) is 0 Å². The molecule has 1 unspecified atom stereocenters. The molecular formula is C9H17NO. The van der Waals surface area contributed by atoms with Crippen molar-refractivity contribution in [2.45, 2.75) is 37.8 Å². The first-order valence-electron chi connectivity index (χ1n) is 4.56. The number of likely N-dealkylation sites (N-methyl/N-ethyl adjacent to an activating group) is 1. The molecule has 64 valence electrons. The Labute approximate surface area is 68.5 Å². The van der Waals surface area contributed by atoms with Gasteiger partial charge in [-0.05, 0) is 33.2 Å². The molecule has 0 aromatic heterocycles. The van der Waals surface area contributed by atoms with Gasteiger partial charge in [0, 0.05) is 12.6 Å². The molecule has 0 amide bonds. The predicted octanol–water partition coefficient (Wildman–Crippen LogP) is 1.26. The molecule has 11 heavy (non-hydrogen) atoms. The molecule has 2 aliphatic rings. The van der Waals surface area contributed by atoms with Crippen LogP contribution in [0.1, 0.15) is 26.2 Å². The van der Waals surface area contributed by atoms with E-state index in [-0.39, 0.29) is 5.60 Å². The van der Waals surface area contributed by atoms with Gasteiger partial charge in [0.05, 0.1) is 12.2 Å². The number of ether oxygens (including phenoxy) is 1. The zero-order chi connectivity index (χ0) is 7.90. The van der Waals surface area contributed by atoms with Crippen LogP contribution in [0.5, 0.6) is 0 Å². The summed E-state index contributed by atoms with van der Waals surface area (Å²) in [5, 5.41) is 0. The van der Waals surface area contributed by atoms with Gasteiger partial charge in [0.2, 0.25) is 0 Å². The lowest BCUT2D eigenvalue weighted by Gasteiger charge is -2.49. The van der Waals surface area contributed by atoms with Crippen LogP contribution < -0.4 is 0 Å². The fraction of sp³-hybridized carbons (Fsp3) is 1.00. The van der Waals surface area contributed by atoms with Crippen LogP contribution in [-0.4, -0.2) is 36.7 Å². The number of morpholine rings is 1. The Morgan fingerprint density at radius 3 is 2.64 bits per heavy atom. The molecule has 2 nitrogen and oxygen atoms in total. The summed E-state index contributed by atoms with van der Waals surface area (Å²) in [7, 11) is 2.20. The molecule has 1 heterocycles. The molecule has 0 N–H and O–H groups in total. The van der Waals surface area contributed by atoms with Crippen molar-refractivity contribution >= 4 is 0 Å². The largest absolute Gasteiger partial charge is 0.372 e. The summed E-state index contributed by atoms with van der Waals surface area (Å²) in [6.07, 6.45) is 3.93. The normalized spacial score (nSPS) is 37.1. The van der Waals surface area contributed by atoms with E-state index in [1.807, 2.05) is 0 Å². The fourth-order valence-corrected chi connectivity index (χ4v) is 1.95. The molecule has 1 saturated heterocycles. The molecular weight excluding hydrogens is 138 g/mol. The van der Waals surface area contributed by atoms with E-state index in [1.54, 1.807) is 0 Å². The Morgan fingerprint density at radius 1 is 1.45 bits per heavy atom. The maximum atomic E-state index is 5.84. The van der Waals surface area contributed by atoms with Crippen molar-refractivity contribution < 1.29 is 4.74 Å². The van der Waals surface area contributed by atoms with E-state index in [1.165, 1.54) is 19.3 Å². The topological polar surface area (TPSA) is 12.5 Å². The van der Waals surface area contributed by atoms with Crippen molar-refractivity contribution in [2.24, 2.45) is 0 Å². The summed E-state index contributed by atoms with van der Waals surface area (Å²) in [4.78, 5) is 2.42. The van der Waals surface area contributed by atoms with Crippen LogP contribution in [0, 0.1) is 0 Å². The highest BCUT2D eigenvalue weighted by atomic mass is 16.5. The minimum absolute atomic E-state index is 0.279. The van der Waals surface area contributed by atoms with Gasteiger partial charge in [-0.25, -0.2) is 0 Å². The number of rotatable bonds is 0. The third kappa shape index (κ3) is 1.18. The summed E-state index contributed by atoms with van der Waals surface area (Å²) in [6, 6.07) is 0.612. The van der Waals surface area contributed by atoms with Crippen LogP contribution >= 0.6 is 0 Å². The number of hydrogen-bond acceptors (Lipinski definition) is 2. The van der Waals surface area contributed by atoms with Gasteiger partial charge < -0.3 is 4.74 Å². The summed E-state index contributed by atoms with van der Waals surface area (Å²) in [5.74, 6) is 0. The highest BCUT2D eigenvalue weighted by molar-refractivity contribution is 4.95. The smallest absolute Gasteiger partial charge is 0.0809 e. The minimum atomic E-state index is 0.279. The Kier molecular flexibility index (Phi) is 1.69. The maximum Gasteiger partial charge on any atom is 0.0809 e. The van der Waals surface area contributed by atoms with Gasteiger partial charge in [-0.3, -0.25) is 4.90 Å². The molecule has 0 bridgehead atoms. The van der Waals surface area contributed by atoms with Crippen molar-refractivity contribution in [1.29, 1.82) is 0 Å². The standard InChI is InChI=1S/C9H17NO/c1-8-6-11-9(4-3-5-9)7-10(8)2/h8H,3-7H2,1-2H3. The third-order valence-electron chi connectivity index (χ3n) is 3.19.